The smallest absolute Gasteiger partial charge is 0.271 e. The van der Waals surface area contributed by atoms with E-state index < -0.39 is 0 Å². The lowest BCUT2D eigenvalue weighted by atomic mass is 10.0. The average molecular weight is 503 g/mol. The zero-order valence-electron chi connectivity index (χ0n) is 17.6. The first kappa shape index (κ1) is 24.6. The van der Waals surface area contributed by atoms with Gasteiger partial charge in [0.1, 0.15) is 17.5 Å². The number of thioether (sulfide) groups is 1. The minimum Gasteiger partial charge on any atom is -0.496 e. The van der Waals surface area contributed by atoms with E-state index in [1.54, 1.807) is 25.3 Å². The van der Waals surface area contributed by atoms with E-state index in [0.29, 0.717) is 21.9 Å². The number of methoxy groups -OCH3 is 1. The molecule has 1 aromatic heterocycles. The number of carbonyl (C=O) groups excluding carboxylic acids is 1. The zero-order chi connectivity index (χ0) is 23.6. The van der Waals surface area contributed by atoms with Gasteiger partial charge in [0.2, 0.25) is 0 Å². The predicted molar refractivity (Wildman–Crippen MR) is 134 cm³/mol. The molecule has 1 N–H and O–H groups in total. The molecule has 0 aliphatic heterocycles. The molecular formula is C23H20Cl2N4O3S. The van der Waals surface area contributed by atoms with E-state index in [2.05, 4.69) is 27.2 Å². The Morgan fingerprint density at radius 1 is 1.15 bits per heavy atom. The van der Waals surface area contributed by atoms with Crippen LogP contribution in [0.1, 0.15) is 15.9 Å². The molecule has 0 saturated carbocycles. The van der Waals surface area contributed by atoms with Crippen LogP contribution in [0.15, 0.2) is 71.0 Å². The first-order chi connectivity index (χ1) is 16.0. The Kier molecular flexibility index (Phi) is 9.12. The number of para-hydroxylation sites is 1. The Morgan fingerprint density at radius 3 is 2.64 bits per heavy atom. The molecule has 0 aliphatic rings. The molecule has 3 rings (SSSR count). The lowest BCUT2D eigenvalue weighted by Gasteiger charge is -2.13. The van der Waals surface area contributed by atoms with Crippen molar-refractivity contribution >= 4 is 52.8 Å². The van der Waals surface area contributed by atoms with Gasteiger partial charge >= 0.3 is 0 Å². The molecule has 33 heavy (non-hydrogen) atoms. The normalized spacial score (nSPS) is 11.1. The van der Waals surface area contributed by atoms with Crippen LogP contribution in [0, 0.1) is 0 Å². The fraction of sp³-hybridized carbons (Fsp3) is 0.130. The Bertz CT molecular complexity index is 1160. The van der Waals surface area contributed by atoms with Gasteiger partial charge in [-0.3, -0.25) is 4.79 Å². The lowest BCUT2D eigenvalue weighted by Crippen LogP contribution is -2.24. The summed E-state index contributed by atoms with van der Waals surface area (Å²) >= 11 is 13.2. The minimum absolute atomic E-state index is 0.182. The maximum absolute atomic E-state index is 12.9. The summed E-state index contributed by atoms with van der Waals surface area (Å²) in [6.45, 7) is 3.63. The van der Waals surface area contributed by atoms with E-state index in [0.717, 1.165) is 11.1 Å². The van der Waals surface area contributed by atoms with Crippen LogP contribution in [0.25, 0.3) is 11.1 Å². The Balaban J connectivity index is 1.67. The summed E-state index contributed by atoms with van der Waals surface area (Å²) in [4.78, 5) is 17.0. The number of carbonyl (C=O) groups is 1. The number of benzene rings is 2. The van der Waals surface area contributed by atoms with E-state index in [-0.39, 0.29) is 28.8 Å². The van der Waals surface area contributed by atoms with Crippen molar-refractivity contribution < 1.29 is 14.3 Å². The van der Waals surface area contributed by atoms with Gasteiger partial charge in [-0.05, 0) is 41.6 Å². The van der Waals surface area contributed by atoms with Gasteiger partial charge in [-0.1, -0.05) is 53.5 Å². The summed E-state index contributed by atoms with van der Waals surface area (Å²) in [6, 6.07) is 16.2. The van der Waals surface area contributed by atoms with Crippen molar-refractivity contribution in [2.45, 2.75) is 6.61 Å². The highest BCUT2D eigenvalue weighted by molar-refractivity contribution is 8.13. The standard InChI is InChI=1S/C23H20Cl2N4O3S/c1-26-29-23(32-13-15-7-9-16(24)10-8-15)33-14-28-22(30)19-12-27-21(25)11-18(19)17-5-3-4-6-20(17)31-2/h3-12H,1,13-14H2,2H3,(H,28,30)/b29-23-. The highest BCUT2D eigenvalue weighted by Crippen LogP contribution is 2.33. The van der Waals surface area contributed by atoms with Crippen LogP contribution < -0.4 is 10.1 Å². The van der Waals surface area contributed by atoms with Gasteiger partial charge < -0.3 is 14.8 Å². The van der Waals surface area contributed by atoms with Crippen LogP contribution in [0.3, 0.4) is 0 Å². The molecule has 0 aliphatic carbocycles. The van der Waals surface area contributed by atoms with Crippen molar-refractivity contribution in [3.05, 3.63) is 82.1 Å². The fourth-order valence-corrected chi connectivity index (χ4v) is 3.71. The molecular weight excluding hydrogens is 483 g/mol. The topological polar surface area (TPSA) is 85.2 Å². The summed E-state index contributed by atoms with van der Waals surface area (Å²) in [5.74, 6) is 0.461. The van der Waals surface area contributed by atoms with Crippen molar-refractivity contribution in [1.82, 2.24) is 10.3 Å². The van der Waals surface area contributed by atoms with Crippen molar-refractivity contribution in [1.29, 1.82) is 0 Å². The zero-order valence-corrected chi connectivity index (χ0v) is 20.0. The van der Waals surface area contributed by atoms with Crippen LogP contribution in [0.5, 0.6) is 5.75 Å². The third kappa shape index (κ3) is 6.95. The highest BCUT2D eigenvalue weighted by atomic mass is 35.5. The second-order valence-corrected chi connectivity index (χ2v) is 8.22. The number of nitrogens with one attached hydrogen (secondary N) is 1. The van der Waals surface area contributed by atoms with Crippen molar-refractivity contribution in [3.8, 4) is 16.9 Å². The molecule has 0 atom stereocenters. The van der Waals surface area contributed by atoms with E-state index in [1.165, 1.54) is 18.0 Å². The summed E-state index contributed by atoms with van der Waals surface area (Å²) in [5, 5.41) is 11.4. The molecule has 170 valence electrons. The Morgan fingerprint density at radius 2 is 1.91 bits per heavy atom. The molecule has 0 saturated heterocycles. The number of hydrogen-bond donors (Lipinski definition) is 1. The number of ether oxygens (including phenoxy) is 2. The molecule has 10 heteroatoms. The first-order valence-corrected chi connectivity index (χ1v) is 11.4. The fourth-order valence-electron chi connectivity index (χ4n) is 2.84. The molecule has 7 nitrogen and oxygen atoms in total. The second kappa shape index (κ2) is 12.2. The first-order valence-electron chi connectivity index (χ1n) is 9.62. The molecule has 0 bridgehead atoms. The van der Waals surface area contributed by atoms with E-state index in [9.17, 15) is 4.79 Å². The third-order valence-electron chi connectivity index (χ3n) is 4.37. The van der Waals surface area contributed by atoms with Crippen molar-refractivity contribution in [2.24, 2.45) is 10.2 Å². The monoisotopic (exact) mass is 502 g/mol. The van der Waals surface area contributed by atoms with Crippen LogP contribution in [0.2, 0.25) is 10.2 Å². The van der Waals surface area contributed by atoms with Gasteiger partial charge in [-0.25, -0.2) is 4.98 Å². The van der Waals surface area contributed by atoms with Gasteiger partial charge in [-0.15, -0.1) is 5.10 Å². The lowest BCUT2D eigenvalue weighted by molar-refractivity contribution is 0.0961. The molecule has 2 aromatic carbocycles. The van der Waals surface area contributed by atoms with Crippen molar-refractivity contribution in [3.63, 3.8) is 0 Å². The Labute approximate surface area is 205 Å². The summed E-state index contributed by atoms with van der Waals surface area (Å²) in [5.41, 5.74) is 2.60. The van der Waals surface area contributed by atoms with Gasteiger partial charge in [-0.2, -0.15) is 5.10 Å². The maximum Gasteiger partial charge on any atom is 0.271 e. The molecule has 0 unspecified atom stereocenters. The number of aromatic nitrogens is 1. The molecule has 1 amide bonds. The summed E-state index contributed by atoms with van der Waals surface area (Å²) < 4.78 is 11.1. The molecule has 3 aromatic rings. The quantitative estimate of drug-likeness (QED) is 0.141. The van der Waals surface area contributed by atoms with Crippen LogP contribution in [-0.4, -0.2) is 35.8 Å². The van der Waals surface area contributed by atoms with Crippen LogP contribution >= 0.6 is 35.0 Å². The number of pyridine rings is 1. The Hall–Kier alpha value is -3.07. The highest BCUT2D eigenvalue weighted by Gasteiger charge is 2.17. The maximum atomic E-state index is 12.9. The van der Waals surface area contributed by atoms with Gasteiger partial charge in [0, 0.05) is 29.1 Å². The predicted octanol–water partition coefficient (Wildman–Crippen LogP) is 5.67. The number of amides is 1. The number of hydrogen-bond acceptors (Lipinski definition) is 7. The molecule has 1 heterocycles. The third-order valence-corrected chi connectivity index (χ3v) is 5.56. The SMILES string of the molecule is C=N/N=C(/OCc1ccc(Cl)cc1)SCNC(=O)c1cnc(Cl)cc1-c1ccccc1OC. The number of rotatable bonds is 8. The molecule has 0 radical (unpaired) electrons. The minimum atomic E-state index is -0.337. The van der Waals surface area contributed by atoms with Crippen LogP contribution in [0.4, 0.5) is 0 Å². The largest absolute Gasteiger partial charge is 0.496 e. The van der Waals surface area contributed by atoms with Crippen molar-refractivity contribution in [2.75, 3.05) is 13.0 Å². The van der Waals surface area contributed by atoms with Crippen LogP contribution in [-0.2, 0) is 11.3 Å². The van der Waals surface area contributed by atoms with E-state index in [1.807, 2.05) is 36.4 Å². The average Bonchev–Trinajstić information content (AvgIpc) is 2.83. The van der Waals surface area contributed by atoms with Gasteiger partial charge in [0.05, 0.1) is 18.6 Å². The summed E-state index contributed by atoms with van der Waals surface area (Å²) in [6.07, 6.45) is 1.43. The number of nitrogens with zero attached hydrogens (tertiary/aromatic N) is 3. The number of halogens is 2. The molecule has 0 fully saturated rings. The van der Waals surface area contributed by atoms with Gasteiger partial charge in [0.15, 0.2) is 0 Å². The second-order valence-electron chi connectivity index (χ2n) is 6.47. The molecule has 0 spiro atoms. The summed E-state index contributed by atoms with van der Waals surface area (Å²) in [7, 11) is 1.57. The van der Waals surface area contributed by atoms with E-state index >= 15 is 0 Å². The van der Waals surface area contributed by atoms with Gasteiger partial charge in [0.25, 0.3) is 11.1 Å². The van der Waals surface area contributed by atoms with E-state index in [4.69, 9.17) is 32.7 Å².